The molecule has 1 amide bonds. The van der Waals surface area contributed by atoms with E-state index < -0.39 is 4.92 Å². The lowest BCUT2D eigenvalue weighted by molar-refractivity contribution is -0.387. The predicted molar refractivity (Wildman–Crippen MR) is 91.1 cm³/mol. The van der Waals surface area contributed by atoms with Crippen molar-refractivity contribution < 1.29 is 9.72 Å². The lowest BCUT2D eigenvalue weighted by atomic mass is 10.2. The predicted octanol–water partition coefficient (Wildman–Crippen LogP) is 3.68. The second-order valence-electron chi connectivity index (χ2n) is 4.90. The van der Waals surface area contributed by atoms with Crippen LogP contribution in [0.1, 0.15) is 10.4 Å². The van der Waals surface area contributed by atoms with E-state index in [2.05, 4.69) is 0 Å². The molecule has 0 spiro atoms. The van der Waals surface area contributed by atoms with Gasteiger partial charge in [0.1, 0.15) is 0 Å². The maximum atomic E-state index is 12.3. The molecule has 0 heterocycles. The summed E-state index contributed by atoms with van der Waals surface area (Å²) in [6.45, 7) is 0. The molecular formula is C15H14ClN3O3S. The molecule has 120 valence electrons. The fraction of sp³-hybridized carbons (Fsp3) is 0.133. The van der Waals surface area contributed by atoms with Gasteiger partial charge in [-0.15, -0.1) is 0 Å². The Hall–Kier alpha value is -2.25. The summed E-state index contributed by atoms with van der Waals surface area (Å²) >= 11 is 7.15. The summed E-state index contributed by atoms with van der Waals surface area (Å²) in [5.41, 5.74) is 6.37. The van der Waals surface area contributed by atoms with Gasteiger partial charge in [-0.2, -0.15) is 0 Å². The molecule has 0 aliphatic heterocycles. The number of hydrogen-bond acceptors (Lipinski definition) is 5. The molecule has 6 nitrogen and oxygen atoms in total. The van der Waals surface area contributed by atoms with Gasteiger partial charge in [0.2, 0.25) is 0 Å². The highest BCUT2D eigenvalue weighted by atomic mass is 35.5. The lowest BCUT2D eigenvalue weighted by Crippen LogP contribution is -2.22. The molecule has 2 aromatic rings. The van der Waals surface area contributed by atoms with Crippen LogP contribution in [0.5, 0.6) is 0 Å². The van der Waals surface area contributed by atoms with E-state index in [1.54, 1.807) is 38.4 Å². The van der Waals surface area contributed by atoms with Crippen LogP contribution in [0.25, 0.3) is 0 Å². The summed E-state index contributed by atoms with van der Waals surface area (Å²) in [5, 5.41) is 11.4. The van der Waals surface area contributed by atoms with Gasteiger partial charge in [-0.05, 0) is 18.2 Å². The molecule has 2 rings (SSSR count). The van der Waals surface area contributed by atoms with Crippen LogP contribution in [-0.2, 0) is 0 Å². The van der Waals surface area contributed by atoms with Gasteiger partial charge in [0, 0.05) is 25.1 Å². The Morgan fingerprint density at radius 3 is 2.52 bits per heavy atom. The third-order valence-corrected chi connectivity index (χ3v) is 4.47. The maximum Gasteiger partial charge on any atom is 0.283 e. The van der Waals surface area contributed by atoms with Crippen molar-refractivity contribution in [2.75, 3.05) is 19.8 Å². The average molecular weight is 352 g/mol. The van der Waals surface area contributed by atoms with Crippen LogP contribution >= 0.6 is 23.4 Å². The van der Waals surface area contributed by atoms with Gasteiger partial charge in [-0.1, -0.05) is 35.5 Å². The van der Waals surface area contributed by atoms with Gasteiger partial charge >= 0.3 is 0 Å². The SMILES string of the molecule is CN(C)C(=O)c1cc(N)c(Cl)cc1Sc1ccccc1[N+](=O)[O-]. The van der Waals surface area contributed by atoms with E-state index in [9.17, 15) is 14.9 Å². The lowest BCUT2D eigenvalue weighted by Gasteiger charge is -2.15. The third-order valence-electron chi connectivity index (χ3n) is 3.02. The highest BCUT2D eigenvalue weighted by Crippen LogP contribution is 2.39. The quantitative estimate of drug-likeness (QED) is 0.515. The van der Waals surface area contributed by atoms with Gasteiger partial charge in [-0.3, -0.25) is 14.9 Å². The normalized spacial score (nSPS) is 10.4. The number of rotatable bonds is 4. The van der Waals surface area contributed by atoms with E-state index in [1.807, 2.05) is 0 Å². The number of carbonyl (C=O) groups excluding carboxylic acids is 1. The largest absolute Gasteiger partial charge is 0.398 e. The first-order valence-corrected chi connectivity index (χ1v) is 7.72. The smallest absolute Gasteiger partial charge is 0.283 e. The fourth-order valence-electron chi connectivity index (χ4n) is 1.88. The molecule has 0 saturated carbocycles. The number of anilines is 1. The molecule has 0 aliphatic carbocycles. The van der Waals surface area contributed by atoms with Gasteiger partial charge in [0.25, 0.3) is 11.6 Å². The van der Waals surface area contributed by atoms with E-state index >= 15 is 0 Å². The summed E-state index contributed by atoms with van der Waals surface area (Å²) in [7, 11) is 3.24. The van der Waals surface area contributed by atoms with Crippen molar-refractivity contribution in [2.45, 2.75) is 9.79 Å². The molecular weight excluding hydrogens is 338 g/mol. The van der Waals surface area contributed by atoms with Gasteiger partial charge in [-0.25, -0.2) is 0 Å². The minimum atomic E-state index is -0.464. The number of nitrogens with two attached hydrogens (primary N) is 1. The van der Waals surface area contributed by atoms with Crippen molar-refractivity contribution >= 4 is 40.6 Å². The van der Waals surface area contributed by atoms with Gasteiger partial charge < -0.3 is 10.6 Å². The minimum Gasteiger partial charge on any atom is -0.398 e. The van der Waals surface area contributed by atoms with Crippen LogP contribution in [0.3, 0.4) is 0 Å². The van der Waals surface area contributed by atoms with Crippen molar-refractivity contribution in [3.63, 3.8) is 0 Å². The average Bonchev–Trinajstić information content (AvgIpc) is 2.50. The van der Waals surface area contributed by atoms with Gasteiger partial charge in [0.05, 0.1) is 26.1 Å². The first-order valence-electron chi connectivity index (χ1n) is 6.53. The van der Waals surface area contributed by atoms with E-state index in [0.717, 1.165) is 11.8 Å². The van der Waals surface area contributed by atoms with Crippen molar-refractivity contribution in [1.29, 1.82) is 0 Å². The molecule has 0 bridgehead atoms. The second-order valence-corrected chi connectivity index (χ2v) is 6.39. The summed E-state index contributed by atoms with van der Waals surface area (Å²) in [5.74, 6) is -0.255. The number of hydrogen-bond donors (Lipinski definition) is 1. The molecule has 23 heavy (non-hydrogen) atoms. The zero-order valence-corrected chi connectivity index (χ0v) is 14.0. The molecule has 0 saturated heterocycles. The van der Waals surface area contributed by atoms with E-state index in [4.69, 9.17) is 17.3 Å². The molecule has 2 N–H and O–H groups in total. The highest BCUT2D eigenvalue weighted by molar-refractivity contribution is 7.99. The first-order chi connectivity index (χ1) is 10.8. The van der Waals surface area contributed by atoms with Crippen molar-refractivity contribution in [1.82, 2.24) is 4.90 Å². The van der Waals surface area contributed by atoms with Crippen LogP contribution in [0.4, 0.5) is 11.4 Å². The maximum absolute atomic E-state index is 12.3. The molecule has 2 aromatic carbocycles. The molecule has 0 unspecified atom stereocenters. The monoisotopic (exact) mass is 351 g/mol. The number of nitrogens with zero attached hydrogens (tertiary/aromatic N) is 2. The second kappa shape index (κ2) is 6.89. The molecule has 8 heteroatoms. The minimum absolute atomic E-state index is 0.0336. The van der Waals surface area contributed by atoms with E-state index in [0.29, 0.717) is 20.4 Å². The molecule has 0 radical (unpaired) electrons. The number of benzene rings is 2. The Morgan fingerprint density at radius 1 is 1.26 bits per heavy atom. The van der Waals surface area contributed by atoms with Crippen molar-refractivity contribution in [3.8, 4) is 0 Å². The molecule has 0 aromatic heterocycles. The van der Waals surface area contributed by atoms with Crippen LogP contribution < -0.4 is 5.73 Å². The first kappa shape index (κ1) is 17.1. The van der Waals surface area contributed by atoms with Crippen LogP contribution in [0.15, 0.2) is 46.2 Å². The summed E-state index contributed by atoms with van der Waals surface area (Å²) in [6.07, 6.45) is 0. The van der Waals surface area contributed by atoms with E-state index in [-0.39, 0.29) is 17.3 Å². The summed E-state index contributed by atoms with van der Waals surface area (Å²) in [4.78, 5) is 25.3. The van der Waals surface area contributed by atoms with Crippen LogP contribution in [-0.4, -0.2) is 29.8 Å². The summed E-state index contributed by atoms with van der Waals surface area (Å²) in [6, 6.07) is 9.36. The zero-order chi connectivity index (χ0) is 17.1. The fourth-order valence-corrected chi connectivity index (χ4v) is 3.17. The standard InChI is InChI=1S/C15H14ClN3O3S/c1-18(2)15(20)9-7-11(17)10(16)8-14(9)23-13-6-4-3-5-12(13)19(21)22/h3-8H,17H2,1-2H3. The Kier molecular flexibility index (Phi) is 5.12. The van der Waals surface area contributed by atoms with Gasteiger partial charge in [0.15, 0.2) is 0 Å². The van der Waals surface area contributed by atoms with Crippen LogP contribution in [0.2, 0.25) is 5.02 Å². The number of nitro groups is 1. The highest BCUT2D eigenvalue weighted by Gasteiger charge is 2.20. The zero-order valence-electron chi connectivity index (χ0n) is 12.4. The Bertz CT molecular complexity index is 781. The third kappa shape index (κ3) is 3.75. The molecule has 0 atom stereocenters. The Morgan fingerprint density at radius 2 is 1.91 bits per heavy atom. The van der Waals surface area contributed by atoms with Crippen molar-refractivity contribution in [3.05, 3.63) is 57.1 Å². The number of amides is 1. The number of halogens is 1. The summed E-state index contributed by atoms with van der Waals surface area (Å²) < 4.78 is 0. The molecule has 0 aliphatic rings. The number of nitrogen functional groups attached to an aromatic ring is 1. The van der Waals surface area contributed by atoms with Crippen LogP contribution in [0, 0.1) is 10.1 Å². The number of para-hydroxylation sites is 1. The molecule has 0 fully saturated rings. The number of nitro benzene ring substituents is 1. The topological polar surface area (TPSA) is 89.5 Å². The Balaban J connectivity index is 2.54. The van der Waals surface area contributed by atoms with Crippen molar-refractivity contribution in [2.24, 2.45) is 0 Å². The van der Waals surface area contributed by atoms with E-state index in [1.165, 1.54) is 17.0 Å². The Labute approximate surface area is 142 Å². The number of carbonyl (C=O) groups is 1.